The lowest BCUT2D eigenvalue weighted by atomic mass is 10.0. The number of methoxy groups -OCH3 is 1. The van der Waals surface area contributed by atoms with Crippen LogP contribution in [0.5, 0.6) is 0 Å². The van der Waals surface area contributed by atoms with E-state index in [2.05, 4.69) is 9.72 Å². The van der Waals surface area contributed by atoms with Crippen molar-refractivity contribution in [2.75, 3.05) is 7.11 Å². The van der Waals surface area contributed by atoms with Crippen molar-refractivity contribution in [1.82, 2.24) is 4.98 Å². The summed E-state index contributed by atoms with van der Waals surface area (Å²) in [4.78, 5) is 14.3. The number of esters is 1. The zero-order valence-corrected chi connectivity index (χ0v) is 9.04. The largest absolute Gasteiger partial charge is 0.469 e. The lowest BCUT2D eigenvalue weighted by Gasteiger charge is -2.12. The Morgan fingerprint density at radius 3 is 2.71 bits per heavy atom. The predicted molar refractivity (Wildman–Crippen MR) is 52.8 cm³/mol. The Morgan fingerprint density at radius 2 is 2.24 bits per heavy atom. The maximum atomic E-state index is 13.3. The minimum absolute atomic E-state index is 0.0142. The third kappa shape index (κ3) is 2.94. The molecule has 0 spiro atoms. The maximum Gasteiger partial charge on any atom is 0.310 e. The number of carbonyl (C=O) groups is 1. The van der Waals surface area contributed by atoms with Crippen LogP contribution in [-0.2, 0) is 22.5 Å². The van der Waals surface area contributed by atoms with Gasteiger partial charge >= 0.3 is 5.97 Å². The number of halogens is 3. The highest BCUT2D eigenvalue weighted by atomic mass is 19.3. The van der Waals surface area contributed by atoms with E-state index in [1.54, 1.807) is 0 Å². The van der Waals surface area contributed by atoms with Crippen LogP contribution >= 0.6 is 0 Å². The van der Waals surface area contributed by atoms with Crippen molar-refractivity contribution in [1.29, 1.82) is 0 Å². The standard InChI is InChI=1S/C10H11F3N2O2/c1-17-7(16)2-6-8(9(11)12)5(3-14)4-15-10(6)13/h4,9H,2-3,14H2,1H3. The first-order valence-electron chi connectivity index (χ1n) is 4.72. The molecule has 1 rings (SSSR count). The Kier molecular flexibility index (Phi) is 4.45. The van der Waals surface area contributed by atoms with Crippen molar-refractivity contribution in [3.63, 3.8) is 0 Å². The topological polar surface area (TPSA) is 65.2 Å². The number of pyridine rings is 1. The Morgan fingerprint density at radius 1 is 1.59 bits per heavy atom. The average molecular weight is 248 g/mol. The summed E-state index contributed by atoms with van der Waals surface area (Å²) >= 11 is 0. The Labute approximate surface area is 95.6 Å². The van der Waals surface area contributed by atoms with Crippen LogP contribution in [0, 0.1) is 5.95 Å². The Balaban J connectivity index is 3.28. The number of hydrogen-bond acceptors (Lipinski definition) is 4. The monoisotopic (exact) mass is 248 g/mol. The number of aromatic nitrogens is 1. The molecule has 0 saturated carbocycles. The number of hydrogen-bond donors (Lipinski definition) is 1. The number of nitrogens with two attached hydrogens (primary N) is 1. The summed E-state index contributed by atoms with van der Waals surface area (Å²) in [5.74, 6) is -1.93. The lowest BCUT2D eigenvalue weighted by Crippen LogP contribution is -2.14. The van der Waals surface area contributed by atoms with E-state index >= 15 is 0 Å². The van der Waals surface area contributed by atoms with Gasteiger partial charge < -0.3 is 10.5 Å². The minimum atomic E-state index is -2.93. The molecular weight excluding hydrogens is 237 g/mol. The van der Waals surface area contributed by atoms with Gasteiger partial charge in [-0.15, -0.1) is 0 Å². The summed E-state index contributed by atoms with van der Waals surface area (Å²) in [7, 11) is 1.09. The van der Waals surface area contributed by atoms with Crippen LogP contribution in [0.1, 0.15) is 23.1 Å². The summed E-state index contributed by atoms with van der Waals surface area (Å²) in [6, 6.07) is 0. The molecule has 7 heteroatoms. The average Bonchev–Trinajstić information content (AvgIpc) is 2.30. The second-order valence-corrected chi connectivity index (χ2v) is 3.22. The summed E-state index contributed by atoms with van der Waals surface area (Å²) in [6.07, 6.45) is -2.58. The third-order valence-corrected chi connectivity index (χ3v) is 2.24. The summed E-state index contributed by atoms with van der Waals surface area (Å²) in [5, 5.41) is 0. The van der Waals surface area contributed by atoms with Gasteiger partial charge in [0.15, 0.2) is 0 Å². The van der Waals surface area contributed by atoms with Crippen molar-refractivity contribution >= 4 is 5.97 Å². The SMILES string of the molecule is COC(=O)Cc1c(F)ncc(CN)c1C(F)F. The van der Waals surface area contributed by atoms with Crippen molar-refractivity contribution in [3.05, 3.63) is 28.8 Å². The maximum absolute atomic E-state index is 13.3. The molecule has 0 bridgehead atoms. The highest BCUT2D eigenvalue weighted by Crippen LogP contribution is 2.28. The van der Waals surface area contributed by atoms with Crippen LogP contribution < -0.4 is 5.73 Å². The third-order valence-electron chi connectivity index (χ3n) is 2.24. The fourth-order valence-corrected chi connectivity index (χ4v) is 1.41. The van der Waals surface area contributed by atoms with Crippen molar-refractivity contribution in [2.45, 2.75) is 19.4 Å². The van der Waals surface area contributed by atoms with Gasteiger partial charge in [-0.2, -0.15) is 4.39 Å². The van der Waals surface area contributed by atoms with Gasteiger partial charge in [0.2, 0.25) is 5.95 Å². The molecule has 1 heterocycles. The quantitative estimate of drug-likeness (QED) is 0.645. The Bertz CT molecular complexity index is 424. The van der Waals surface area contributed by atoms with Gasteiger partial charge in [-0.3, -0.25) is 4.79 Å². The van der Waals surface area contributed by atoms with Crippen LogP contribution in [0.3, 0.4) is 0 Å². The molecular formula is C10H11F3N2O2. The number of rotatable bonds is 4. The molecule has 0 saturated heterocycles. The van der Waals surface area contributed by atoms with Gasteiger partial charge in [0.25, 0.3) is 6.43 Å². The molecule has 0 atom stereocenters. The van der Waals surface area contributed by atoms with Gasteiger partial charge in [-0.1, -0.05) is 0 Å². The van der Waals surface area contributed by atoms with Gasteiger partial charge in [0, 0.05) is 23.9 Å². The molecule has 17 heavy (non-hydrogen) atoms. The molecule has 2 N–H and O–H groups in total. The molecule has 0 aromatic carbocycles. The predicted octanol–water partition coefficient (Wildman–Crippen LogP) is 1.33. The summed E-state index contributed by atoms with van der Waals surface area (Å²) < 4.78 is 43.3. The van der Waals surface area contributed by atoms with E-state index in [1.807, 2.05) is 0 Å². The number of alkyl halides is 2. The molecule has 0 amide bonds. The van der Waals surface area contributed by atoms with Crippen LogP contribution in [0.15, 0.2) is 6.20 Å². The van der Waals surface area contributed by atoms with E-state index in [9.17, 15) is 18.0 Å². The second-order valence-electron chi connectivity index (χ2n) is 3.22. The summed E-state index contributed by atoms with van der Waals surface area (Å²) in [5.41, 5.74) is 4.23. The van der Waals surface area contributed by atoms with Crippen LogP contribution in [-0.4, -0.2) is 18.1 Å². The lowest BCUT2D eigenvalue weighted by molar-refractivity contribution is -0.139. The first kappa shape index (κ1) is 13.4. The fraction of sp³-hybridized carbons (Fsp3) is 0.400. The van der Waals surface area contributed by atoms with Gasteiger partial charge in [-0.05, 0) is 5.56 Å². The van der Waals surface area contributed by atoms with Crippen molar-refractivity contribution < 1.29 is 22.7 Å². The zero-order valence-electron chi connectivity index (χ0n) is 9.04. The fourth-order valence-electron chi connectivity index (χ4n) is 1.41. The smallest absolute Gasteiger partial charge is 0.310 e. The first-order valence-corrected chi connectivity index (χ1v) is 4.72. The first-order chi connectivity index (χ1) is 8.01. The van der Waals surface area contributed by atoms with Crippen LogP contribution in [0.2, 0.25) is 0 Å². The summed E-state index contributed by atoms with van der Waals surface area (Å²) in [6.45, 7) is -0.207. The Hall–Kier alpha value is -1.63. The van der Waals surface area contributed by atoms with E-state index < -0.39 is 35.9 Å². The van der Waals surface area contributed by atoms with E-state index in [4.69, 9.17) is 5.73 Å². The van der Waals surface area contributed by atoms with Crippen LogP contribution in [0.25, 0.3) is 0 Å². The highest BCUT2D eigenvalue weighted by Gasteiger charge is 2.23. The molecule has 0 radical (unpaired) electrons. The zero-order chi connectivity index (χ0) is 13.0. The molecule has 0 fully saturated rings. The molecule has 4 nitrogen and oxygen atoms in total. The normalized spacial score (nSPS) is 10.7. The molecule has 0 unspecified atom stereocenters. The molecule has 1 aromatic heterocycles. The molecule has 1 aromatic rings. The van der Waals surface area contributed by atoms with E-state index in [0.29, 0.717) is 0 Å². The van der Waals surface area contributed by atoms with E-state index in [0.717, 1.165) is 13.3 Å². The van der Waals surface area contributed by atoms with E-state index in [-0.39, 0.29) is 12.1 Å². The number of nitrogens with zero attached hydrogens (tertiary/aromatic N) is 1. The molecule has 0 aliphatic rings. The number of carbonyl (C=O) groups excluding carboxylic acids is 1. The van der Waals surface area contributed by atoms with Crippen LogP contribution in [0.4, 0.5) is 13.2 Å². The van der Waals surface area contributed by atoms with Crippen molar-refractivity contribution in [3.8, 4) is 0 Å². The van der Waals surface area contributed by atoms with Gasteiger partial charge in [0.05, 0.1) is 13.5 Å². The minimum Gasteiger partial charge on any atom is -0.469 e. The van der Waals surface area contributed by atoms with Gasteiger partial charge in [0.1, 0.15) is 0 Å². The molecule has 0 aliphatic carbocycles. The molecule has 94 valence electrons. The highest BCUT2D eigenvalue weighted by molar-refractivity contribution is 5.73. The second kappa shape index (κ2) is 5.62. The van der Waals surface area contributed by atoms with Gasteiger partial charge in [-0.25, -0.2) is 13.8 Å². The number of ether oxygens (including phenoxy) is 1. The molecule has 0 aliphatic heterocycles. The van der Waals surface area contributed by atoms with Crippen molar-refractivity contribution in [2.24, 2.45) is 5.73 Å². The van der Waals surface area contributed by atoms with E-state index in [1.165, 1.54) is 0 Å².